The number of halogens is 2. The molecule has 1 N–H and O–H groups in total. The molecule has 0 unspecified atom stereocenters. The summed E-state index contributed by atoms with van der Waals surface area (Å²) in [6.45, 7) is 1.81. The lowest BCUT2D eigenvalue weighted by atomic mass is 9.95. The molecule has 0 bridgehead atoms. The van der Waals surface area contributed by atoms with Crippen LogP contribution in [0.5, 0.6) is 0 Å². The van der Waals surface area contributed by atoms with Crippen LogP contribution < -0.4 is 10.2 Å². The average molecular weight is 347 g/mol. The van der Waals surface area contributed by atoms with E-state index in [0.717, 1.165) is 18.4 Å². The van der Waals surface area contributed by atoms with Gasteiger partial charge in [-0.3, -0.25) is 4.79 Å². The van der Waals surface area contributed by atoms with Crippen LogP contribution in [0.3, 0.4) is 0 Å². The van der Waals surface area contributed by atoms with Gasteiger partial charge in [-0.05, 0) is 36.6 Å². The highest BCUT2D eigenvalue weighted by Gasteiger charge is 2.26. The highest BCUT2D eigenvalue weighted by molar-refractivity contribution is 6.31. The van der Waals surface area contributed by atoms with Gasteiger partial charge in [-0.15, -0.1) is 0 Å². The quantitative estimate of drug-likeness (QED) is 0.907. The van der Waals surface area contributed by atoms with Crippen LogP contribution in [0.25, 0.3) is 0 Å². The number of hydrogen-bond acceptors (Lipinski definition) is 2. The van der Waals surface area contributed by atoms with Crippen LogP contribution in [-0.2, 0) is 11.3 Å². The summed E-state index contributed by atoms with van der Waals surface area (Å²) in [6, 6.07) is 14.3. The van der Waals surface area contributed by atoms with Gasteiger partial charge in [0.15, 0.2) is 0 Å². The van der Waals surface area contributed by atoms with E-state index in [2.05, 4.69) is 5.32 Å². The Kier molecular flexibility index (Phi) is 5.36. The molecule has 1 aliphatic rings. The number of rotatable bonds is 4. The van der Waals surface area contributed by atoms with Gasteiger partial charge in [0.05, 0.1) is 5.69 Å². The first-order valence-corrected chi connectivity index (χ1v) is 8.53. The van der Waals surface area contributed by atoms with E-state index in [0.29, 0.717) is 30.3 Å². The summed E-state index contributed by atoms with van der Waals surface area (Å²) in [5.41, 5.74) is 1.53. The molecular weight excluding hydrogens is 327 g/mol. The zero-order valence-corrected chi connectivity index (χ0v) is 14.1. The first-order valence-electron chi connectivity index (χ1n) is 8.16. The van der Waals surface area contributed by atoms with Crippen molar-refractivity contribution in [2.24, 2.45) is 5.92 Å². The molecule has 5 heteroatoms. The molecule has 0 saturated carbocycles. The number of hydrogen-bond donors (Lipinski definition) is 1. The van der Waals surface area contributed by atoms with Crippen LogP contribution in [0, 0.1) is 11.7 Å². The largest absolute Gasteiger partial charge is 0.369 e. The molecule has 126 valence electrons. The highest BCUT2D eigenvalue weighted by Crippen LogP contribution is 2.25. The molecule has 0 aliphatic carbocycles. The van der Waals surface area contributed by atoms with Gasteiger partial charge in [0.25, 0.3) is 0 Å². The summed E-state index contributed by atoms with van der Waals surface area (Å²) in [6.07, 6.45) is 1.45. The van der Waals surface area contributed by atoms with E-state index < -0.39 is 0 Å². The minimum absolute atomic E-state index is 0.0319. The molecule has 24 heavy (non-hydrogen) atoms. The SMILES string of the molecule is O=C(NCc1ccccc1Cl)C1CCN(c2ccccc2F)CC1. The highest BCUT2D eigenvalue weighted by atomic mass is 35.5. The Balaban J connectivity index is 1.52. The molecule has 1 aliphatic heterocycles. The maximum atomic E-state index is 13.8. The number of carbonyl (C=O) groups is 1. The summed E-state index contributed by atoms with van der Waals surface area (Å²) in [7, 11) is 0. The summed E-state index contributed by atoms with van der Waals surface area (Å²) < 4.78 is 13.8. The number of nitrogens with zero attached hydrogens (tertiary/aromatic N) is 1. The molecule has 1 amide bonds. The van der Waals surface area contributed by atoms with E-state index in [1.807, 2.05) is 35.2 Å². The molecule has 0 atom stereocenters. The molecular formula is C19H20ClFN2O. The van der Waals surface area contributed by atoms with Crippen molar-refractivity contribution in [3.8, 4) is 0 Å². The Bertz CT molecular complexity index is 714. The second kappa shape index (κ2) is 7.67. The van der Waals surface area contributed by atoms with Gasteiger partial charge in [0, 0.05) is 30.6 Å². The van der Waals surface area contributed by atoms with Gasteiger partial charge in [0.2, 0.25) is 5.91 Å². The topological polar surface area (TPSA) is 32.3 Å². The minimum Gasteiger partial charge on any atom is -0.369 e. The van der Waals surface area contributed by atoms with Crippen LogP contribution in [0.1, 0.15) is 18.4 Å². The molecule has 0 radical (unpaired) electrons. The maximum absolute atomic E-state index is 13.8. The zero-order chi connectivity index (χ0) is 16.9. The predicted octanol–water partition coefficient (Wildman–Crippen LogP) is 4.01. The zero-order valence-electron chi connectivity index (χ0n) is 13.3. The van der Waals surface area contributed by atoms with Crippen molar-refractivity contribution in [1.29, 1.82) is 0 Å². The van der Waals surface area contributed by atoms with Crippen LogP contribution >= 0.6 is 11.6 Å². The molecule has 0 spiro atoms. The van der Waals surface area contributed by atoms with Crippen molar-refractivity contribution in [2.45, 2.75) is 19.4 Å². The Morgan fingerprint density at radius 2 is 1.79 bits per heavy atom. The van der Waals surface area contributed by atoms with E-state index in [9.17, 15) is 9.18 Å². The van der Waals surface area contributed by atoms with Crippen molar-refractivity contribution < 1.29 is 9.18 Å². The summed E-state index contributed by atoms with van der Waals surface area (Å²) in [4.78, 5) is 14.4. The van der Waals surface area contributed by atoms with Crippen LogP contribution in [0.2, 0.25) is 5.02 Å². The van der Waals surface area contributed by atoms with E-state index in [1.54, 1.807) is 12.1 Å². The van der Waals surface area contributed by atoms with Crippen molar-refractivity contribution in [3.63, 3.8) is 0 Å². The van der Waals surface area contributed by atoms with Gasteiger partial charge < -0.3 is 10.2 Å². The lowest BCUT2D eigenvalue weighted by Crippen LogP contribution is -2.40. The van der Waals surface area contributed by atoms with Crippen molar-refractivity contribution in [2.75, 3.05) is 18.0 Å². The van der Waals surface area contributed by atoms with Gasteiger partial charge in [-0.25, -0.2) is 4.39 Å². The van der Waals surface area contributed by atoms with E-state index in [4.69, 9.17) is 11.6 Å². The Labute approximate surface area is 146 Å². The fourth-order valence-corrected chi connectivity index (χ4v) is 3.26. The second-order valence-electron chi connectivity index (χ2n) is 6.02. The van der Waals surface area contributed by atoms with Crippen LogP contribution in [-0.4, -0.2) is 19.0 Å². The van der Waals surface area contributed by atoms with Gasteiger partial charge >= 0.3 is 0 Å². The third kappa shape index (κ3) is 3.88. The molecule has 3 nitrogen and oxygen atoms in total. The van der Waals surface area contributed by atoms with Crippen molar-refractivity contribution >= 4 is 23.2 Å². The summed E-state index contributed by atoms with van der Waals surface area (Å²) in [5, 5.41) is 3.62. The van der Waals surface area contributed by atoms with E-state index >= 15 is 0 Å². The first kappa shape index (κ1) is 16.8. The molecule has 2 aromatic rings. The minimum atomic E-state index is -0.209. The van der Waals surface area contributed by atoms with Gasteiger partial charge in [0.1, 0.15) is 5.82 Å². The fourth-order valence-electron chi connectivity index (χ4n) is 3.06. The van der Waals surface area contributed by atoms with Gasteiger partial charge in [-0.1, -0.05) is 41.9 Å². The molecule has 1 fully saturated rings. The average Bonchev–Trinajstić information content (AvgIpc) is 2.61. The number of piperidine rings is 1. The molecule has 3 rings (SSSR count). The fraction of sp³-hybridized carbons (Fsp3) is 0.316. The normalized spacial score (nSPS) is 15.3. The van der Waals surface area contributed by atoms with Crippen molar-refractivity contribution in [3.05, 3.63) is 64.9 Å². The first-order chi connectivity index (χ1) is 11.6. The number of benzene rings is 2. The molecule has 0 aromatic heterocycles. The van der Waals surface area contributed by atoms with E-state index in [-0.39, 0.29) is 17.6 Å². The molecule has 2 aromatic carbocycles. The number of nitrogens with one attached hydrogen (secondary N) is 1. The second-order valence-corrected chi connectivity index (χ2v) is 6.43. The smallest absolute Gasteiger partial charge is 0.223 e. The lowest BCUT2D eigenvalue weighted by Gasteiger charge is -2.33. The predicted molar refractivity (Wildman–Crippen MR) is 94.6 cm³/mol. The number of amides is 1. The Morgan fingerprint density at radius 1 is 1.12 bits per heavy atom. The standard InChI is InChI=1S/C19H20ClFN2O/c20-16-6-2-1-5-15(16)13-22-19(24)14-9-11-23(12-10-14)18-8-4-3-7-17(18)21/h1-8,14H,9-13H2,(H,22,24). The lowest BCUT2D eigenvalue weighted by molar-refractivity contribution is -0.125. The number of anilines is 1. The Hall–Kier alpha value is -2.07. The van der Waals surface area contributed by atoms with Crippen LogP contribution in [0.15, 0.2) is 48.5 Å². The van der Waals surface area contributed by atoms with Crippen LogP contribution in [0.4, 0.5) is 10.1 Å². The monoisotopic (exact) mass is 346 g/mol. The third-order valence-electron chi connectivity index (χ3n) is 4.47. The number of carbonyl (C=O) groups excluding carboxylic acids is 1. The van der Waals surface area contributed by atoms with E-state index in [1.165, 1.54) is 6.07 Å². The molecule has 1 heterocycles. The summed E-state index contributed by atoms with van der Waals surface area (Å²) >= 11 is 6.10. The number of para-hydroxylation sites is 1. The summed E-state index contributed by atoms with van der Waals surface area (Å²) in [5.74, 6) is -0.197. The van der Waals surface area contributed by atoms with Crippen molar-refractivity contribution in [1.82, 2.24) is 5.32 Å². The Morgan fingerprint density at radius 3 is 2.50 bits per heavy atom. The maximum Gasteiger partial charge on any atom is 0.223 e. The molecule has 1 saturated heterocycles. The van der Waals surface area contributed by atoms with Gasteiger partial charge in [-0.2, -0.15) is 0 Å². The third-order valence-corrected chi connectivity index (χ3v) is 4.84.